The van der Waals surface area contributed by atoms with E-state index in [4.69, 9.17) is 5.11 Å². The molecule has 94 valence electrons. The summed E-state index contributed by atoms with van der Waals surface area (Å²) in [6.07, 6.45) is 0. The molecule has 1 aromatic heterocycles. The van der Waals surface area contributed by atoms with E-state index < -0.39 is 5.97 Å². The molecular formula is C12H9FINO2S. The molecule has 0 aliphatic heterocycles. The van der Waals surface area contributed by atoms with Crippen LogP contribution in [0, 0.1) is 9.39 Å². The summed E-state index contributed by atoms with van der Waals surface area (Å²) < 4.78 is 13.8. The SMILES string of the molecule is O=C(O)c1sccc1CNc1cccc(F)c1I. The molecule has 0 spiro atoms. The highest BCUT2D eigenvalue weighted by molar-refractivity contribution is 14.1. The smallest absolute Gasteiger partial charge is 0.346 e. The lowest BCUT2D eigenvalue weighted by Gasteiger charge is -2.08. The van der Waals surface area contributed by atoms with Crippen LogP contribution in [0.25, 0.3) is 0 Å². The molecule has 0 aliphatic rings. The molecule has 1 heterocycles. The van der Waals surface area contributed by atoms with Crippen molar-refractivity contribution in [3.8, 4) is 0 Å². The van der Waals surface area contributed by atoms with Crippen LogP contribution in [0.15, 0.2) is 29.6 Å². The number of carboxylic acid groups (broad SMARTS) is 1. The lowest BCUT2D eigenvalue weighted by atomic mass is 10.2. The first-order valence-electron chi connectivity index (χ1n) is 5.07. The minimum atomic E-state index is -0.935. The van der Waals surface area contributed by atoms with Gasteiger partial charge in [0.15, 0.2) is 0 Å². The third-order valence-electron chi connectivity index (χ3n) is 2.36. The molecular weight excluding hydrogens is 368 g/mol. The van der Waals surface area contributed by atoms with Crippen LogP contribution in [0.5, 0.6) is 0 Å². The van der Waals surface area contributed by atoms with Crippen LogP contribution in [0.4, 0.5) is 10.1 Å². The van der Waals surface area contributed by atoms with Gasteiger partial charge in [0.05, 0.1) is 9.26 Å². The number of hydrogen-bond donors (Lipinski definition) is 2. The highest BCUT2D eigenvalue weighted by Gasteiger charge is 2.12. The standard InChI is InChI=1S/C12H9FINO2S/c13-8-2-1-3-9(10(8)14)15-6-7-4-5-18-11(7)12(16)17/h1-5,15H,6H2,(H,16,17). The third kappa shape index (κ3) is 2.81. The molecule has 0 amide bonds. The first-order valence-corrected chi connectivity index (χ1v) is 7.03. The molecule has 0 radical (unpaired) electrons. The normalized spacial score (nSPS) is 10.3. The van der Waals surface area contributed by atoms with Gasteiger partial charge in [0.25, 0.3) is 0 Å². The highest BCUT2D eigenvalue weighted by atomic mass is 127. The molecule has 0 aliphatic carbocycles. The summed E-state index contributed by atoms with van der Waals surface area (Å²) in [5.74, 6) is -1.22. The topological polar surface area (TPSA) is 49.3 Å². The maximum absolute atomic E-state index is 13.3. The molecule has 2 rings (SSSR count). The van der Waals surface area contributed by atoms with E-state index in [0.717, 1.165) is 0 Å². The van der Waals surface area contributed by atoms with Crippen LogP contribution < -0.4 is 5.32 Å². The minimum Gasteiger partial charge on any atom is -0.477 e. The van der Waals surface area contributed by atoms with E-state index >= 15 is 0 Å². The number of rotatable bonds is 4. The number of hydrogen-bond acceptors (Lipinski definition) is 3. The Hall–Kier alpha value is -1.15. The Labute approximate surface area is 121 Å². The average Bonchev–Trinajstić information content (AvgIpc) is 2.79. The van der Waals surface area contributed by atoms with Crippen LogP contribution in [0.3, 0.4) is 0 Å². The van der Waals surface area contributed by atoms with Crippen molar-refractivity contribution < 1.29 is 14.3 Å². The fourth-order valence-electron chi connectivity index (χ4n) is 1.49. The van der Waals surface area contributed by atoms with E-state index in [-0.39, 0.29) is 5.82 Å². The average molecular weight is 377 g/mol. The number of halogens is 2. The van der Waals surface area contributed by atoms with Gasteiger partial charge in [-0.3, -0.25) is 0 Å². The molecule has 3 nitrogen and oxygen atoms in total. The molecule has 0 unspecified atom stereocenters. The van der Waals surface area contributed by atoms with Crippen molar-refractivity contribution in [2.45, 2.75) is 6.54 Å². The molecule has 18 heavy (non-hydrogen) atoms. The molecule has 2 aromatic rings. The summed E-state index contributed by atoms with van der Waals surface area (Å²) in [5, 5.41) is 13.8. The zero-order valence-corrected chi connectivity index (χ0v) is 12.1. The molecule has 0 saturated heterocycles. The summed E-state index contributed by atoms with van der Waals surface area (Å²) in [5.41, 5.74) is 1.37. The van der Waals surface area contributed by atoms with Crippen LogP contribution in [-0.2, 0) is 6.54 Å². The van der Waals surface area contributed by atoms with Gasteiger partial charge in [-0.2, -0.15) is 0 Å². The predicted octanol–water partition coefficient (Wildman–Crippen LogP) is 3.80. The van der Waals surface area contributed by atoms with E-state index in [0.29, 0.717) is 26.2 Å². The van der Waals surface area contributed by atoms with Crippen molar-refractivity contribution in [3.05, 3.63) is 49.5 Å². The number of nitrogens with one attached hydrogen (secondary N) is 1. The van der Waals surface area contributed by atoms with Crippen LogP contribution in [0.2, 0.25) is 0 Å². The first kappa shape index (κ1) is 13.3. The van der Waals surface area contributed by atoms with E-state index in [1.165, 1.54) is 17.4 Å². The van der Waals surface area contributed by atoms with Gasteiger partial charge in [0.2, 0.25) is 0 Å². The van der Waals surface area contributed by atoms with Crippen molar-refractivity contribution in [2.24, 2.45) is 0 Å². The zero-order valence-electron chi connectivity index (χ0n) is 9.11. The number of carboxylic acids is 1. The summed E-state index contributed by atoms with van der Waals surface area (Å²) in [4.78, 5) is 11.3. The summed E-state index contributed by atoms with van der Waals surface area (Å²) in [6.45, 7) is 0.366. The fraction of sp³-hybridized carbons (Fsp3) is 0.0833. The molecule has 1 aromatic carbocycles. The first-order chi connectivity index (χ1) is 8.59. The highest BCUT2D eigenvalue weighted by Crippen LogP contribution is 2.23. The van der Waals surface area contributed by atoms with E-state index in [1.54, 1.807) is 23.6 Å². The molecule has 0 fully saturated rings. The van der Waals surface area contributed by atoms with Crippen molar-refractivity contribution in [1.82, 2.24) is 0 Å². The quantitative estimate of drug-likeness (QED) is 0.797. The Balaban J connectivity index is 2.14. The van der Waals surface area contributed by atoms with Crippen molar-refractivity contribution >= 4 is 45.6 Å². The summed E-state index contributed by atoms with van der Waals surface area (Å²) in [6, 6.07) is 6.52. The molecule has 6 heteroatoms. The van der Waals surface area contributed by atoms with Crippen molar-refractivity contribution in [1.29, 1.82) is 0 Å². The Kier molecular flexibility index (Phi) is 4.18. The number of thiophene rings is 1. The Morgan fingerprint density at radius 2 is 2.22 bits per heavy atom. The second-order valence-corrected chi connectivity index (χ2v) is 5.53. The predicted molar refractivity (Wildman–Crippen MR) is 77.7 cm³/mol. The van der Waals surface area contributed by atoms with Gasteiger partial charge in [-0.05, 0) is 51.7 Å². The van der Waals surface area contributed by atoms with Gasteiger partial charge in [-0.15, -0.1) is 11.3 Å². The van der Waals surface area contributed by atoms with Gasteiger partial charge in [-0.1, -0.05) is 6.07 Å². The second kappa shape index (κ2) is 5.66. The van der Waals surface area contributed by atoms with E-state index in [9.17, 15) is 9.18 Å². The Morgan fingerprint density at radius 1 is 1.44 bits per heavy atom. The van der Waals surface area contributed by atoms with E-state index in [2.05, 4.69) is 5.32 Å². The van der Waals surface area contributed by atoms with Crippen LogP contribution >= 0.6 is 33.9 Å². The van der Waals surface area contributed by atoms with Crippen LogP contribution in [-0.4, -0.2) is 11.1 Å². The summed E-state index contributed by atoms with van der Waals surface area (Å²) in [7, 11) is 0. The molecule has 0 saturated carbocycles. The van der Waals surface area contributed by atoms with Crippen molar-refractivity contribution in [2.75, 3.05) is 5.32 Å². The lowest BCUT2D eigenvalue weighted by Crippen LogP contribution is -2.05. The molecule has 2 N–H and O–H groups in total. The monoisotopic (exact) mass is 377 g/mol. The van der Waals surface area contributed by atoms with Gasteiger partial charge >= 0.3 is 5.97 Å². The maximum atomic E-state index is 13.3. The van der Waals surface area contributed by atoms with Gasteiger partial charge in [-0.25, -0.2) is 9.18 Å². The van der Waals surface area contributed by atoms with Crippen molar-refractivity contribution in [3.63, 3.8) is 0 Å². The van der Waals surface area contributed by atoms with Crippen LogP contribution in [0.1, 0.15) is 15.2 Å². The maximum Gasteiger partial charge on any atom is 0.346 e. The third-order valence-corrected chi connectivity index (χ3v) is 4.40. The Bertz CT molecular complexity index is 585. The number of aromatic carboxylic acids is 1. The van der Waals surface area contributed by atoms with Gasteiger partial charge in [0, 0.05) is 6.54 Å². The fourth-order valence-corrected chi connectivity index (χ4v) is 2.80. The number of carbonyl (C=O) groups is 1. The second-order valence-electron chi connectivity index (χ2n) is 3.54. The number of anilines is 1. The summed E-state index contributed by atoms with van der Waals surface area (Å²) >= 11 is 3.10. The van der Waals surface area contributed by atoms with E-state index in [1.807, 2.05) is 22.6 Å². The number of benzene rings is 1. The lowest BCUT2D eigenvalue weighted by molar-refractivity contribution is 0.0701. The zero-order chi connectivity index (χ0) is 13.1. The van der Waals surface area contributed by atoms with Gasteiger partial charge < -0.3 is 10.4 Å². The minimum absolute atomic E-state index is 0.288. The Morgan fingerprint density at radius 3 is 2.94 bits per heavy atom. The molecule has 0 bridgehead atoms. The largest absolute Gasteiger partial charge is 0.477 e. The van der Waals surface area contributed by atoms with Gasteiger partial charge in [0.1, 0.15) is 10.7 Å². The molecule has 0 atom stereocenters.